The molecule has 1 rings (SSSR count). The summed E-state index contributed by atoms with van der Waals surface area (Å²) in [5.74, 6) is -10.4. The smallest absolute Gasteiger partial charge is 0.246 e. The zero-order valence-electron chi connectivity index (χ0n) is 60.2. The maximum atomic E-state index is 15.3. The molecule has 0 aromatic carbocycles. The van der Waals surface area contributed by atoms with E-state index in [-0.39, 0.29) is 50.0 Å². The number of nitrogens with zero attached hydrogens (tertiary/aromatic N) is 8. The minimum absolute atomic E-state index is 0.000727. The molecule has 1 fully saturated rings. The molecule has 0 saturated carbocycles. The number of carbonyl (C=O) groups excluding carboxylic acids is 11. The van der Waals surface area contributed by atoms with Crippen molar-refractivity contribution in [2.24, 2.45) is 41.4 Å². The first kappa shape index (κ1) is 82.8. The average molecular weight is 1290 g/mol. The first-order valence-electron chi connectivity index (χ1n) is 32.6. The Morgan fingerprint density at radius 1 is 0.505 bits per heavy atom. The molecule has 522 valence electrons. The third-order valence-corrected chi connectivity index (χ3v) is 17.6. The lowest BCUT2D eigenvalue weighted by atomic mass is 9.91. The summed E-state index contributed by atoms with van der Waals surface area (Å²) in [7, 11) is 13.3. The van der Waals surface area contributed by atoms with Gasteiger partial charge in [-0.1, -0.05) is 102 Å². The molecular formula is C66H120N12O13. The van der Waals surface area contributed by atoms with Crippen LogP contribution in [0.5, 0.6) is 0 Å². The highest BCUT2D eigenvalue weighted by molar-refractivity contribution is 6.00. The van der Waals surface area contributed by atoms with E-state index in [0.29, 0.717) is 19.6 Å². The van der Waals surface area contributed by atoms with Crippen LogP contribution in [-0.4, -0.2) is 265 Å². The Morgan fingerprint density at radius 2 is 0.956 bits per heavy atom. The van der Waals surface area contributed by atoms with Crippen LogP contribution in [0.25, 0.3) is 0 Å². The lowest BCUT2D eigenvalue weighted by molar-refractivity contribution is -0.157. The van der Waals surface area contributed by atoms with Gasteiger partial charge in [0.05, 0.1) is 12.7 Å². The number of aliphatic hydroxyl groups is 1. The molecule has 0 spiro atoms. The normalized spacial score (nSPS) is 27.1. The maximum Gasteiger partial charge on any atom is 0.246 e. The number of hydrogen-bond donors (Lipinski definition) is 5. The minimum atomic E-state index is -1.63. The monoisotopic (exact) mass is 1290 g/mol. The Hall–Kier alpha value is -6.21. The molecule has 5 N–H and O–H groups in total. The molecule has 0 aliphatic carbocycles. The lowest BCUT2D eigenvalue weighted by Crippen LogP contribution is -2.64. The molecule has 1 aliphatic heterocycles. The van der Waals surface area contributed by atoms with Crippen LogP contribution < -0.4 is 21.3 Å². The molecule has 1 heterocycles. The SMILES string of the molecule is C/C=C/C[C@@H](C)[C@@H](O)[C@H]1C(=O)N[C@@H](CC)C(=O)N(C)[C@H](C)C(=O)N(C)[C@@H]([C@H](C)CN(C)CCOC)C(=O)N[C@@H](C(C)C)C(=O)N(C)[C@@H](CC(C)C)C(=O)N[C@@H](C)C(=O)N[C@H](C)C(=O)N(C)[C@@H](CC(C)C)C(=O)N(C)[C@@H](CC(C)C)C(=O)N(C)[C@@H](C(C)C)C(=O)N1C. The average Bonchev–Trinajstić information content (AvgIpc) is 1.17. The second-order valence-electron chi connectivity index (χ2n) is 27.5. The Kier molecular flexibility index (Phi) is 34.7. The van der Waals surface area contributed by atoms with Gasteiger partial charge < -0.3 is 70.3 Å². The molecule has 1 aliphatic rings. The molecule has 0 unspecified atom stereocenters. The second-order valence-corrected chi connectivity index (χ2v) is 27.5. The highest BCUT2D eigenvalue weighted by Crippen LogP contribution is 2.26. The third kappa shape index (κ3) is 23.1. The summed E-state index contributed by atoms with van der Waals surface area (Å²) >= 11 is 0. The van der Waals surface area contributed by atoms with Crippen molar-refractivity contribution < 1.29 is 62.6 Å². The number of methoxy groups -OCH3 is 1. The number of nitrogens with one attached hydrogen (secondary N) is 4. The number of likely N-dealkylation sites (N-methyl/N-ethyl adjacent to an activating group) is 8. The van der Waals surface area contributed by atoms with Crippen LogP contribution in [0.1, 0.15) is 150 Å². The van der Waals surface area contributed by atoms with Crippen LogP contribution in [0.2, 0.25) is 0 Å². The zero-order chi connectivity index (χ0) is 70.5. The van der Waals surface area contributed by atoms with Gasteiger partial charge in [-0.05, 0) is 108 Å². The molecule has 11 amide bonds. The van der Waals surface area contributed by atoms with Gasteiger partial charge in [0.2, 0.25) is 65.0 Å². The molecule has 0 bridgehead atoms. The van der Waals surface area contributed by atoms with Crippen molar-refractivity contribution in [1.82, 2.24) is 60.5 Å². The summed E-state index contributed by atoms with van der Waals surface area (Å²) in [6, 6.07) is -13.9. The van der Waals surface area contributed by atoms with Crippen molar-refractivity contribution in [2.45, 2.75) is 222 Å². The minimum Gasteiger partial charge on any atom is -0.390 e. The van der Waals surface area contributed by atoms with E-state index in [2.05, 4.69) is 21.3 Å². The van der Waals surface area contributed by atoms with Crippen molar-refractivity contribution >= 4 is 65.0 Å². The van der Waals surface area contributed by atoms with E-state index < -0.39 is 161 Å². The Bertz CT molecular complexity index is 2480. The maximum absolute atomic E-state index is 15.3. The van der Waals surface area contributed by atoms with Gasteiger partial charge in [0, 0.05) is 69.5 Å². The van der Waals surface area contributed by atoms with Gasteiger partial charge in [0.15, 0.2) is 0 Å². The number of amides is 11. The van der Waals surface area contributed by atoms with Gasteiger partial charge in [-0.3, -0.25) is 52.7 Å². The van der Waals surface area contributed by atoms with Crippen LogP contribution in [-0.2, 0) is 57.5 Å². The highest BCUT2D eigenvalue weighted by Gasteiger charge is 2.46. The first-order valence-corrected chi connectivity index (χ1v) is 32.6. The predicted octanol–water partition coefficient (Wildman–Crippen LogP) is 2.83. The molecular weight excluding hydrogens is 1170 g/mol. The van der Waals surface area contributed by atoms with Crippen molar-refractivity contribution in [2.75, 3.05) is 83.2 Å². The van der Waals surface area contributed by atoms with Crippen LogP contribution in [0.4, 0.5) is 0 Å². The topological polar surface area (TPSA) is 291 Å². The lowest BCUT2D eigenvalue weighted by Gasteiger charge is -2.41. The number of ether oxygens (including phenoxy) is 1. The summed E-state index contributed by atoms with van der Waals surface area (Å²) in [6.45, 7) is 30.5. The molecule has 91 heavy (non-hydrogen) atoms. The molecule has 25 heteroatoms. The largest absolute Gasteiger partial charge is 0.390 e. The van der Waals surface area contributed by atoms with E-state index in [1.165, 1.54) is 94.6 Å². The summed E-state index contributed by atoms with van der Waals surface area (Å²) in [5, 5.41) is 23.3. The van der Waals surface area contributed by atoms with Gasteiger partial charge in [-0.25, -0.2) is 0 Å². The summed E-state index contributed by atoms with van der Waals surface area (Å²) in [4.78, 5) is 173. The number of rotatable bonds is 19. The Morgan fingerprint density at radius 3 is 1.43 bits per heavy atom. The zero-order valence-corrected chi connectivity index (χ0v) is 60.2. The van der Waals surface area contributed by atoms with E-state index in [9.17, 15) is 38.7 Å². The van der Waals surface area contributed by atoms with E-state index in [0.717, 1.165) is 9.80 Å². The van der Waals surface area contributed by atoms with E-state index >= 15 is 19.2 Å². The molecule has 25 nitrogen and oxygen atoms in total. The first-order chi connectivity index (χ1) is 42.1. The molecule has 0 radical (unpaired) electrons. The Labute approximate surface area is 545 Å². The quantitative estimate of drug-likeness (QED) is 0.116. The van der Waals surface area contributed by atoms with E-state index in [1.807, 2.05) is 59.6 Å². The molecule has 14 atom stereocenters. The van der Waals surface area contributed by atoms with Crippen molar-refractivity contribution in [3.8, 4) is 0 Å². The van der Waals surface area contributed by atoms with E-state index in [1.54, 1.807) is 68.6 Å². The second kappa shape index (κ2) is 38.1. The van der Waals surface area contributed by atoms with Gasteiger partial charge in [-0.15, -0.1) is 0 Å². The van der Waals surface area contributed by atoms with Crippen molar-refractivity contribution in [1.29, 1.82) is 0 Å². The van der Waals surface area contributed by atoms with Crippen molar-refractivity contribution in [3.05, 3.63) is 12.2 Å². The number of aliphatic hydroxyl groups excluding tert-OH is 1. The summed E-state index contributed by atoms with van der Waals surface area (Å²) in [5.41, 5.74) is 0. The standard InChI is InChI=1S/C66H120N12O13/c1-27-29-30-42(13)55(79)54-59(83)69-47(28-2)62(86)72(19)46(17)61(85)77(24)53(43(14)36-71(18)31-32-91-26)58(82)70-51(40(9)10)65(89)73(20)48(33-37(3)4)57(81)67-44(15)56(80)68-45(16)60(84)74(21)49(34-38(5)6)63(87)75(22)50(35-39(7)8)64(88)76(23)52(41(11)12)66(90)78(54)25/h27,29,37-55,79H,28,30-36H2,1-26H3,(H,67,81)(H,68,80)(H,69,83)(H,70,82)/b29-27+/t42-,43-,44+,45-,46-,47+,48+,49+,50+,51+,52+,53+,54+,55-/m1/s1. The van der Waals surface area contributed by atoms with Crippen LogP contribution >= 0.6 is 0 Å². The van der Waals surface area contributed by atoms with Gasteiger partial charge in [-0.2, -0.15) is 0 Å². The summed E-state index contributed by atoms with van der Waals surface area (Å²) < 4.78 is 5.31. The third-order valence-electron chi connectivity index (χ3n) is 17.6. The van der Waals surface area contributed by atoms with Gasteiger partial charge in [0.25, 0.3) is 0 Å². The Balaban J connectivity index is 4.47. The fourth-order valence-electron chi connectivity index (χ4n) is 11.7. The number of allylic oxidation sites excluding steroid dienone is 2. The van der Waals surface area contributed by atoms with Crippen LogP contribution in [0.15, 0.2) is 12.2 Å². The van der Waals surface area contributed by atoms with Gasteiger partial charge >= 0.3 is 0 Å². The number of hydrogen-bond acceptors (Lipinski definition) is 14. The molecule has 0 aromatic heterocycles. The number of carbonyl (C=O) groups is 11. The van der Waals surface area contributed by atoms with Crippen LogP contribution in [0.3, 0.4) is 0 Å². The highest BCUT2D eigenvalue weighted by atomic mass is 16.5. The van der Waals surface area contributed by atoms with Crippen LogP contribution in [0, 0.1) is 41.4 Å². The van der Waals surface area contributed by atoms with E-state index in [4.69, 9.17) is 4.74 Å². The fraction of sp³-hybridized carbons (Fsp3) is 0.803. The van der Waals surface area contributed by atoms with Gasteiger partial charge in [0.1, 0.15) is 66.5 Å². The summed E-state index contributed by atoms with van der Waals surface area (Å²) in [6.07, 6.45) is 2.80. The molecule has 0 aromatic rings. The fourth-order valence-corrected chi connectivity index (χ4v) is 11.7. The van der Waals surface area contributed by atoms with Crippen molar-refractivity contribution in [3.63, 3.8) is 0 Å². The molecule has 1 saturated heterocycles. The predicted molar refractivity (Wildman–Crippen MR) is 352 cm³/mol.